The number of nitrogens with zero attached hydrogens (tertiary/aromatic N) is 1. The van der Waals surface area contributed by atoms with Gasteiger partial charge >= 0.3 is 0 Å². The molecule has 0 N–H and O–H groups in total. The molecule has 4 heteroatoms. The number of carbonyl (C=O) groups is 2. The zero-order valence-corrected chi connectivity index (χ0v) is 11.9. The van der Waals surface area contributed by atoms with Gasteiger partial charge in [0.2, 0.25) is 0 Å². The fraction of sp³-hybridized carbons (Fsp3) is 0.294. The van der Waals surface area contributed by atoms with Crippen LogP contribution in [0.5, 0.6) is 0 Å². The van der Waals surface area contributed by atoms with E-state index >= 15 is 0 Å². The highest BCUT2D eigenvalue weighted by atomic mass is 16.6. The molecule has 2 aromatic rings. The average Bonchev–Trinajstić information content (AvgIpc) is 3.24. The van der Waals surface area contributed by atoms with E-state index < -0.39 is 5.60 Å². The first-order valence-electron chi connectivity index (χ1n) is 7.06. The Morgan fingerprint density at radius 3 is 2.10 bits per heavy atom. The summed E-state index contributed by atoms with van der Waals surface area (Å²) in [5.41, 5.74) is 0.781. The summed E-state index contributed by atoms with van der Waals surface area (Å²) in [6.07, 6.45) is 0. The second kappa shape index (κ2) is 3.92. The zero-order valence-electron chi connectivity index (χ0n) is 11.9. The van der Waals surface area contributed by atoms with Gasteiger partial charge in [0.05, 0.1) is 12.6 Å². The molecule has 1 saturated heterocycles. The second-order valence-corrected chi connectivity index (χ2v) is 5.97. The van der Waals surface area contributed by atoms with Crippen LogP contribution in [0.4, 0.5) is 0 Å². The summed E-state index contributed by atoms with van der Waals surface area (Å²) in [4.78, 5) is 26.9. The van der Waals surface area contributed by atoms with Crippen LogP contribution in [0, 0.1) is 0 Å². The minimum Gasteiger partial charge on any atom is -0.368 e. The number of carbonyl (C=O) groups excluding carboxylic acids is 2. The van der Waals surface area contributed by atoms with Crippen LogP contribution in [0.25, 0.3) is 10.8 Å². The number of hydrogen-bond donors (Lipinski definition) is 0. The van der Waals surface area contributed by atoms with Crippen LogP contribution in [0.15, 0.2) is 36.4 Å². The number of epoxide rings is 1. The Bertz CT molecular complexity index is 741. The molecule has 0 radical (unpaired) electrons. The fourth-order valence-corrected chi connectivity index (χ4v) is 3.03. The Kier molecular flexibility index (Phi) is 2.34. The molecule has 4 rings (SSSR count). The molecule has 2 aromatic carbocycles. The minimum atomic E-state index is -0.411. The molecule has 2 unspecified atom stereocenters. The summed E-state index contributed by atoms with van der Waals surface area (Å²) in [5.74, 6) is -0.456. The molecule has 2 aliphatic rings. The molecule has 2 amide bonds. The van der Waals surface area contributed by atoms with E-state index in [1.165, 1.54) is 4.90 Å². The van der Waals surface area contributed by atoms with Gasteiger partial charge in [0, 0.05) is 16.5 Å². The van der Waals surface area contributed by atoms with Crippen molar-refractivity contribution < 1.29 is 14.3 Å². The summed E-state index contributed by atoms with van der Waals surface area (Å²) in [7, 11) is 0. The Morgan fingerprint density at radius 2 is 1.62 bits per heavy atom. The van der Waals surface area contributed by atoms with Crippen molar-refractivity contribution in [3.05, 3.63) is 47.5 Å². The lowest BCUT2D eigenvalue weighted by Gasteiger charge is -2.33. The standard InChI is InChI=1S/C17H15NO3/c1-10(17(2)9-21-17)18-15(19)12-7-3-5-11-6-4-8-13(14(11)12)16(18)20/h3-8,10H,9H2,1-2H3. The number of hydrogen-bond acceptors (Lipinski definition) is 3. The van der Waals surface area contributed by atoms with Crippen LogP contribution in [-0.4, -0.2) is 35.0 Å². The molecule has 0 spiro atoms. The van der Waals surface area contributed by atoms with Crippen molar-refractivity contribution in [3.63, 3.8) is 0 Å². The number of benzene rings is 2. The second-order valence-electron chi connectivity index (χ2n) is 5.97. The summed E-state index contributed by atoms with van der Waals surface area (Å²) < 4.78 is 5.42. The van der Waals surface area contributed by atoms with Crippen molar-refractivity contribution >= 4 is 22.6 Å². The molecule has 106 valence electrons. The monoisotopic (exact) mass is 281 g/mol. The largest absolute Gasteiger partial charge is 0.368 e. The highest BCUT2D eigenvalue weighted by molar-refractivity contribution is 6.25. The van der Waals surface area contributed by atoms with E-state index in [9.17, 15) is 9.59 Å². The van der Waals surface area contributed by atoms with Crippen LogP contribution in [0.2, 0.25) is 0 Å². The highest BCUT2D eigenvalue weighted by Gasteiger charge is 2.51. The van der Waals surface area contributed by atoms with Gasteiger partial charge in [0.1, 0.15) is 5.60 Å². The average molecular weight is 281 g/mol. The van der Waals surface area contributed by atoms with Gasteiger partial charge in [-0.3, -0.25) is 14.5 Å². The third-order valence-electron chi connectivity index (χ3n) is 4.67. The SMILES string of the molecule is CC(N1C(=O)c2cccc3cccc(c23)C1=O)C1(C)CO1. The third-order valence-corrected chi connectivity index (χ3v) is 4.67. The summed E-state index contributed by atoms with van der Waals surface area (Å²) in [6.45, 7) is 4.38. The molecular weight excluding hydrogens is 266 g/mol. The van der Waals surface area contributed by atoms with E-state index in [2.05, 4.69) is 0 Å². The van der Waals surface area contributed by atoms with Crippen molar-refractivity contribution in [3.8, 4) is 0 Å². The molecule has 0 saturated carbocycles. The summed E-state index contributed by atoms with van der Waals surface area (Å²) in [5, 5.41) is 1.69. The van der Waals surface area contributed by atoms with Gasteiger partial charge in [0.15, 0.2) is 0 Å². The topological polar surface area (TPSA) is 49.9 Å². The smallest absolute Gasteiger partial charge is 0.261 e. The highest BCUT2D eigenvalue weighted by Crippen LogP contribution is 2.37. The fourth-order valence-electron chi connectivity index (χ4n) is 3.03. The molecular formula is C17H15NO3. The molecule has 0 aromatic heterocycles. The van der Waals surface area contributed by atoms with Crippen LogP contribution < -0.4 is 0 Å². The van der Waals surface area contributed by atoms with Crippen LogP contribution >= 0.6 is 0 Å². The lowest BCUT2D eigenvalue weighted by atomic mass is 9.91. The van der Waals surface area contributed by atoms with Crippen molar-refractivity contribution in [1.82, 2.24) is 4.90 Å². The Labute approximate surface area is 122 Å². The van der Waals surface area contributed by atoms with E-state index in [4.69, 9.17) is 4.74 Å². The third kappa shape index (κ3) is 1.59. The number of imide groups is 1. The Hall–Kier alpha value is -2.20. The lowest BCUT2D eigenvalue weighted by Crippen LogP contribution is -2.51. The maximum Gasteiger partial charge on any atom is 0.261 e. The van der Waals surface area contributed by atoms with E-state index in [0.717, 1.165) is 10.8 Å². The Balaban J connectivity index is 1.93. The lowest BCUT2D eigenvalue weighted by molar-refractivity contribution is 0.0474. The predicted octanol–water partition coefficient (Wildman–Crippen LogP) is 2.61. The van der Waals surface area contributed by atoms with Gasteiger partial charge in [-0.25, -0.2) is 0 Å². The molecule has 0 bridgehead atoms. The summed E-state index contributed by atoms with van der Waals surface area (Å²) in [6, 6.07) is 10.9. The van der Waals surface area contributed by atoms with Crippen molar-refractivity contribution in [1.29, 1.82) is 0 Å². The van der Waals surface area contributed by atoms with Crippen molar-refractivity contribution in [2.45, 2.75) is 25.5 Å². The number of rotatable bonds is 2. The molecule has 2 heterocycles. The molecule has 2 atom stereocenters. The zero-order chi connectivity index (χ0) is 14.8. The van der Waals surface area contributed by atoms with Gasteiger partial charge in [-0.05, 0) is 31.4 Å². The van der Waals surface area contributed by atoms with Crippen LogP contribution in [-0.2, 0) is 4.74 Å². The maximum absolute atomic E-state index is 12.8. The van der Waals surface area contributed by atoms with Crippen molar-refractivity contribution in [2.24, 2.45) is 0 Å². The summed E-state index contributed by atoms with van der Waals surface area (Å²) >= 11 is 0. The first-order chi connectivity index (χ1) is 10.0. The van der Waals surface area contributed by atoms with E-state index in [1.54, 1.807) is 12.1 Å². The molecule has 2 aliphatic heterocycles. The molecule has 0 aliphatic carbocycles. The predicted molar refractivity (Wildman–Crippen MR) is 78.3 cm³/mol. The van der Waals surface area contributed by atoms with Gasteiger partial charge in [-0.15, -0.1) is 0 Å². The van der Waals surface area contributed by atoms with Gasteiger partial charge < -0.3 is 4.74 Å². The van der Waals surface area contributed by atoms with Crippen LogP contribution in [0.1, 0.15) is 34.6 Å². The first kappa shape index (κ1) is 12.5. The first-order valence-corrected chi connectivity index (χ1v) is 7.06. The van der Waals surface area contributed by atoms with Gasteiger partial charge in [0.25, 0.3) is 11.8 Å². The number of amides is 2. The van der Waals surface area contributed by atoms with E-state index in [-0.39, 0.29) is 17.9 Å². The van der Waals surface area contributed by atoms with Crippen molar-refractivity contribution in [2.75, 3.05) is 6.61 Å². The molecule has 4 nitrogen and oxygen atoms in total. The quantitative estimate of drug-likeness (QED) is 0.628. The van der Waals surface area contributed by atoms with E-state index in [1.807, 2.05) is 38.1 Å². The Morgan fingerprint density at radius 1 is 1.10 bits per heavy atom. The minimum absolute atomic E-state index is 0.228. The maximum atomic E-state index is 12.8. The van der Waals surface area contributed by atoms with Crippen LogP contribution in [0.3, 0.4) is 0 Å². The molecule has 1 fully saturated rings. The van der Waals surface area contributed by atoms with E-state index in [0.29, 0.717) is 17.7 Å². The van der Waals surface area contributed by atoms with Gasteiger partial charge in [-0.1, -0.05) is 24.3 Å². The number of ether oxygens (including phenoxy) is 1. The normalized spacial score (nSPS) is 25.3. The van der Waals surface area contributed by atoms with Gasteiger partial charge in [-0.2, -0.15) is 0 Å². The molecule has 21 heavy (non-hydrogen) atoms.